The minimum atomic E-state index is 0.663. The Bertz CT molecular complexity index is 1130. The Hall–Kier alpha value is -3.04. The van der Waals surface area contributed by atoms with Crippen LogP contribution in [0.15, 0.2) is 72.8 Å². The highest BCUT2D eigenvalue weighted by atomic mass is 35.5. The Kier molecular flexibility index (Phi) is 5.97. The summed E-state index contributed by atoms with van der Waals surface area (Å²) in [4.78, 5) is 4.80. The Morgan fingerprint density at radius 2 is 1.79 bits per heavy atom. The number of imidazole rings is 1. The van der Waals surface area contributed by atoms with Gasteiger partial charge in [-0.1, -0.05) is 54.1 Å². The summed E-state index contributed by atoms with van der Waals surface area (Å²) >= 11 is 5.98. The van der Waals surface area contributed by atoms with Crippen LogP contribution < -0.4 is 4.74 Å². The third-order valence-electron chi connectivity index (χ3n) is 4.76. The van der Waals surface area contributed by atoms with Crippen molar-refractivity contribution in [2.75, 3.05) is 6.61 Å². The first-order chi connectivity index (χ1) is 14.2. The van der Waals surface area contributed by atoms with Gasteiger partial charge in [-0.2, -0.15) is 0 Å². The molecule has 0 unspecified atom stereocenters. The van der Waals surface area contributed by atoms with Gasteiger partial charge in [-0.15, -0.1) is 0 Å². The number of fused-ring (bicyclic) bond motifs is 1. The van der Waals surface area contributed by atoms with Crippen molar-refractivity contribution < 1.29 is 4.74 Å². The molecule has 4 rings (SSSR count). The van der Waals surface area contributed by atoms with Gasteiger partial charge < -0.3 is 9.30 Å². The highest BCUT2D eigenvalue weighted by Crippen LogP contribution is 2.20. The van der Waals surface area contributed by atoms with Crippen LogP contribution in [0.4, 0.5) is 0 Å². The van der Waals surface area contributed by atoms with Gasteiger partial charge in [0.15, 0.2) is 0 Å². The van der Waals surface area contributed by atoms with Gasteiger partial charge in [-0.25, -0.2) is 4.98 Å². The summed E-state index contributed by atoms with van der Waals surface area (Å²) in [6.07, 6.45) is 5.03. The SMILES string of the molecule is Cc1cccc(OCCCn2c(/C=C/c3ccc(Cl)cc3)nc3ccccc32)c1. The van der Waals surface area contributed by atoms with Crippen LogP contribution in [-0.2, 0) is 6.54 Å². The number of benzene rings is 3. The predicted octanol–water partition coefficient (Wildman–Crippen LogP) is 6.64. The van der Waals surface area contributed by atoms with E-state index in [0.717, 1.165) is 46.2 Å². The molecule has 1 aromatic heterocycles. The summed E-state index contributed by atoms with van der Waals surface area (Å²) in [5, 5.41) is 0.739. The van der Waals surface area contributed by atoms with E-state index in [-0.39, 0.29) is 0 Å². The first kappa shape index (κ1) is 19.3. The second-order valence-electron chi connectivity index (χ2n) is 7.01. The van der Waals surface area contributed by atoms with Crippen LogP contribution >= 0.6 is 11.6 Å². The average Bonchev–Trinajstić information content (AvgIpc) is 3.08. The molecule has 0 aliphatic heterocycles. The number of nitrogens with zero attached hydrogens (tertiary/aromatic N) is 2. The molecule has 3 nitrogen and oxygen atoms in total. The zero-order valence-electron chi connectivity index (χ0n) is 16.4. The molecule has 0 N–H and O–H groups in total. The minimum absolute atomic E-state index is 0.663. The second kappa shape index (κ2) is 8.97. The summed E-state index contributed by atoms with van der Waals surface area (Å²) in [7, 11) is 0. The monoisotopic (exact) mass is 402 g/mol. The van der Waals surface area contributed by atoms with Gasteiger partial charge in [0.1, 0.15) is 11.6 Å². The maximum absolute atomic E-state index is 5.98. The van der Waals surface area contributed by atoms with Crippen molar-refractivity contribution in [2.45, 2.75) is 19.9 Å². The molecule has 1 heterocycles. The lowest BCUT2D eigenvalue weighted by molar-refractivity contribution is 0.302. The van der Waals surface area contributed by atoms with Gasteiger partial charge in [-0.05, 0) is 66.9 Å². The molecule has 3 aromatic carbocycles. The lowest BCUT2D eigenvalue weighted by atomic mass is 10.2. The van der Waals surface area contributed by atoms with Gasteiger partial charge in [0, 0.05) is 11.6 Å². The smallest absolute Gasteiger partial charge is 0.133 e. The van der Waals surface area contributed by atoms with E-state index in [1.54, 1.807) is 0 Å². The van der Waals surface area contributed by atoms with Gasteiger partial charge in [0.05, 0.1) is 17.6 Å². The molecule has 29 heavy (non-hydrogen) atoms. The molecule has 0 saturated carbocycles. The van der Waals surface area contributed by atoms with Gasteiger partial charge >= 0.3 is 0 Å². The zero-order valence-corrected chi connectivity index (χ0v) is 17.1. The summed E-state index contributed by atoms with van der Waals surface area (Å²) in [6.45, 7) is 3.58. The molecule has 4 aromatic rings. The maximum atomic E-state index is 5.98. The van der Waals surface area contributed by atoms with E-state index in [9.17, 15) is 0 Å². The average molecular weight is 403 g/mol. The largest absolute Gasteiger partial charge is 0.494 e. The molecule has 0 aliphatic rings. The molecular weight excluding hydrogens is 380 g/mol. The van der Waals surface area contributed by atoms with Crippen LogP contribution in [0.5, 0.6) is 5.75 Å². The summed E-state index contributed by atoms with van der Waals surface area (Å²) in [5.41, 5.74) is 4.44. The maximum Gasteiger partial charge on any atom is 0.133 e. The van der Waals surface area contributed by atoms with Crippen molar-refractivity contribution in [3.8, 4) is 5.75 Å². The number of hydrogen-bond acceptors (Lipinski definition) is 2. The van der Waals surface area contributed by atoms with E-state index in [2.05, 4.69) is 54.0 Å². The fraction of sp³-hybridized carbons (Fsp3) is 0.160. The number of halogens is 1. The van der Waals surface area contributed by atoms with Gasteiger partial charge in [0.25, 0.3) is 0 Å². The molecule has 0 spiro atoms. The molecule has 0 fully saturated rings. The standard InChI is InChI=1S/C25H23ClN2O/c1-19-6-4-7-22(18-19)29-17-5-16-28-24-9-3-2-8-23(24)27-25(28)15-12-20-10-13-21(26)14-11-20/h2-4,6-15,18H,5,16-17H2,1H3/b15-12+. The topological polar surface area (TPSA) is 27.1 Å². The molecule has 146 valence electrons. The number of rotatable bonds is 7. The predicted molar refractivity (Wildman–Crippen MR) is 121 cm³/mol. The molecular formula is C25H23ClN2O. The summed E-state index contributed by atoms with van der Waals surface area (Å²) < 4.78 is 8.16. The van der Waals surface area contributed by atoms with E-state index in [1.807, 2.05) is 42.5 Å². The van der Waals surface area contributed by atoms with E-state index in [4.69, 9.17) is 21.3 Å². The third kappa shape index (κ3) is 4.87. The highest BCUT2D eigenvalue weighted by molar-refractivity contribution is 6.30. The van der Waals surface area contributed by atoms with Crippen molar-refractivity contribution in [2.24, 2.45) is 0 Å². The molecule has 4 heteroatoms. The number of aryl methyl sites for hydroxylation is 2. The van der Waals surface area contributed by atoms with Crippen molar-refractivity contribution in [3.05, 3.63) is 94.8 Å². The van der Waals surface area contributed by atoms with E-state index in [0.29, 0.717) is 6.61 Å². The van der Waals surface area contributed by atoms with Crippen molar-refractivity contribution >= 4 is 34.8 Å². The molecule has 0 bridgehead atoms. The fourth-order valence-corrected chi connectivity index (χ4v) is 3.44. The highest BCUT2D eigenvalue weighted by Gasteiger charge is 2.08. The number of para-hydroxylation sites is 2. The Morgan fingerprint density at radius 1 is 0.966 bits per heavy atom. The Balaban J connectivity index is 1.49. The molecule has 0 amide bonds. The van der Waals surface area contributed by atoms with E-state index < -0.39 is 0 Å². The lowest BCUT2D eigenvalue weighted by Gasteiger charge is -2.09. The first-order valence-electron chi connectivity index (χ1n) is 9.77. The van der Waals surface area contributed by atoms with E-state index >= 15 is 0 Å². The first-order valence-corrected chi connectivity index (χ1v) is 10.2. The van der Waals surface area contributed by atoms with Crippen molar-refractivity contribution in [3.63, 3.8) is 0 Å². The molecule has 0 radical (unpaired) electrons. The molecule has 0 aliphatic carbocycles. The normalized spacial score (nSPS) is 11.4. The summed E-state index contributed by atoms with van der Waals surface area (Å²) in [6, 6.07) is 24.2. The quantitative estimate of drug-likeness (QED) is 0.324. The van der Waals surface area contributed by atoms with Crippen LogP contribution in [0.1, 0.15) is 23.4 Å². The fourth-order valence-electron chi connectivity index (χ4n) is 3.32. The number of ether oxygens (including phenoxy) is 1. The van der Waals surface area contributed by atoms with Crippen LogP contribution in [0, 0.1) is 6.92 Å². The molecule has 0 saturated heterocycles. The molecule has 0 atom stereocenters. The summed E-state index contributed by atoms with van der Waals surface area (Å²) in [5.74, 6) is 1.86. The zero-order chi connectivity index (χ0) is 20.1. The van der Waals surface area contributed by atoms with Crippen molar-refractivity contribution in [1.29, 1.82) is 0 Å². The third-order valence-corrected chi connectivity index (χ3v) is 5.02. The number of aromatic nitrogens is 2. The minimum Gasteiger partial charge on any atom is -0.494 e. The van der Waals surface area contributed by atoms with Crippen LogP contribution in [0.2, 0.25) is 5.02 Å². The van der Waals surface area contributed by atoms with Crippen LogP contribution in [0.25, 0.3) is 23.2 Å². The Morgan fingerprint density at radius 3 is 2.62 bits per heavy atom. The number of hydrogen-bond donors (Lipinski definition) is 0. The van der Waals surface area contributed by atoms with Gasteiger partial charge in [-0.3, -0.25) is 0 Å². The van der Waals surface area contributed by atoms with Crippen LogP contribution in [0.3, 0.4) is 0 Å². The Labute approximate surface area is 176 Å². The van der Waals surface area contributed by atoms with Crippen LogP contribution in [-0.4, -0.2) is 16.2 Å². The van der Waals surface area contributed by atoms with Gasteiger partial charge in [0.2, 0.25) is 0 Å². The lowest BCUT2D eigenvalue weighted by Crippen LogP contribution is -2.06. The van der Waals surface area contributed by atoms with Crippen molar-refractivity contribution in [1.82, 2.24) is 9.55 Å². The van der Waals surface area contributed by atoms with E-state index in [1.165, 1.54) is 5.56 Å². The second-order valence-corrected chi connectivity index (χ2v) is 7.45.